The fraction of sp³-hybridized carbons (Fsp3) is 0.0500. The molecule has 0 radical (unpaired) electrons. The molecule has 0 aliphatic rings. The molecule has 0 atom stereocenters. The van der Waals surface area contributed by atoms with Crippen LogP contribution in [0.2, 0.25) is 0 Å². The van der Waals surface area contributed by atoms with E-state index in [1.807, 2.05) is 0 Å². The Morgan fingerprint density at radius 3 is 2.57 bits per heavy atom. The second-order valence-corrected chi connectivity index (χ2v) is 7.97. The maximum atomic E-state index is 14.4. The molecule has 5 nitrogen and oxygen atoms in total. The number of benzene rings is 2. The molecule has 2 heterocycles. The Kier molecular flexibility index (Phi) is 5.60. The molecule has 2 aromatic carbocycles. The Morgan fingerprint density at radius 1 is 1.10 bits per heavy atom. The Hall–Kier alpha value is -3.11. The smallest absolute Gasteiger partial charge is 0.276 e. The van der Waals surface area contributed by atoms with E-state index in [2.05, 4.69) is 10.3 Å². The van der Waals surface area contributed by atoms with Crippen LogP contribution in [-0.4, -0.2) is 21.2 Å². The van der Waals surface area contributed by atoms with E-state index in [0.29, 0.717) is 16.3 Å². The molecule has 0 unspecified atom stereocenters. The van der Waals surface area contributed by atoms with Crippen molar-refractivity contribution in [1.29, 1.82) is 0 Å². The average molecular weight is 447 g/mol. The molecule has 0 bridgehead atoms. The monoisotopic (exact) mass is 447 g/mol. The molecule has 152 valence electrons. The van der Waals surface area contributed by atoms with E-state index in [9.17, 15) is 22.8 Å². The van der Waals surface area contributed by atoms with Crippen molar-refractivity contribution >= 4 is 44.9 Å². The SMILES string of the molecule is O=C(CSc1nc2ccsc2c(=O)n1-c1ccccc1F)Nc1cc(F)cc(F)c1. The topological polar surface area (TPSA) is 64.0 Å². The van der Waals surface area contributed by atoms with E-state index in [0.717, 1.165) is 28.5 Å². The highest BCUT2D eigenvalue weighted by molar-refractivity contribution is 7.99. The van der Waals surface area contributed by atoms with Crippen molar-refractivity contribution in [3.05, 3.63) is 81.7 Å². The van der Waals surface area contributed by atoms with Gasteiger partial charge < -0.3 is 5.32 Å². The maximum absolute atomic E-state index is 14.4. The van der Waals surface area contributed by atoms with Crippen LogP contribution in [0.3, 0.4) is 0 Å². The quantitative estimate of drug-likeness (QED) is 0.359. The molecule has 0 saturated heterocycles. The highest BCUT2D eigenvalue weighted by Crippen LogP contribution is 2.25. The minimum absolute atomic E-state index is 0.0143. The molecule has 0 fully saturated rings. The molecule has 1 amide bonds. The summed E-state index contributed by atoms with van der Waals surface area (Å²) >= 11 is 2.10. The summed E-state index contributed by atoms with van der Waals surface area (Å²) in [6, 6.07) is 10.1. The Labute approximate surface area is 176 Å². The zero-order valence-corrected chi connectivity index (χ0v) is 16.7. The first-order valence-corrected chi connectivity index (χ1v) is 10.4. The number of nitrogens with one attached hydrogen (secondary N) is 1. The predicted octanol–water partition coefficient (Wildman–Crippen LogP) is 4.60. The Balaban J connectivity index is 1.65. The lowest BCUT2D eigenvalue weighted by molar-refractivity contribution is -0.113. The molecule has 0 saturated carbocycles. The summed E-state index contributed by atoms with van der Waals surface area (Å²) in [6.45, 7) is 0. The fourth-order valence-electron chi connectivity index (χ4n) is 2.79. The van der Waals surface area contributed by atoms with Crippen LogP contribution in [0.4, 0.5) is 18.9 Å². The molecule has 1 N–H and O–H groups in total. The third-order valence-corrected chi connectivity index (χ3v) is 5.85. The number of carbonyl (C=O) groups is 1. The number of nitrogens with zero attached hydrogens (tertiary/aromatic N) is 2. The normalized spacial score (nSPS) is 11.0. The lowest BCUT2D eigenvalue weighted by atomic mass is 10.3. The standard InChI is InChI=1S/C20H12F3N3O2S2/c21-11-7-12(22)9-13(8-11)24-17(27)10-30-20-25-15-5-6-29-18(15)19(28)26(20)16-4-2-1-3-14(16)23/h1-9H,10H2,(H,24,27). The maximum Gasteiger partial charge on any atom is 0.276 e. The lowest BCUT2D eigenvalue weighted by Gasteiger charge is -2.12. The number of hydrogen-bond acceptors (Lipinski definition) is 5. The van der Waals surface area contributed by atoms with Crippen molar-refractivity contribution in [3.8, 4) is 5.69 Å². The second-order valence-electron chi connectivity index (χ2n) is 6.12. The Bertz CT molecular complexity index is 1300. The number of thioether (sulfide) groups is 1. The van der Waals surface area contributed by atoms with Crippen molar-refractivity contribution in [1.82, 2.24) is 9.55 Å². The van der Waals surface area contributed by atoms with Crippen molar-refractivity contribution < 1.29 is 18.0 Å². The first-order valence-electron chi connectivity index (χ1n) is 8.56. The van der Waals surface area contributed by atoms with E-state index < -0.39 is 28.9 Å². The zero-order chi connectivity index (χ0) is 21.3. The van der Waals surface area contributed by atoms with Gasteiger partial charge in [0.1, 0.15) is 22.2 Å². The summed E-state index contributed by atoms with van der Waals surface area (Å²) in [5.41, 5.74) is -0.0332. The first kappa shape index (κ1) is 20.2. The number of amides is 1. The van der Waals surface area contributed by atoms with E-state index in [1.54, 1.807) is 17.5 Å². The Morgan fingerprint density at radius 2 is 1.83 bits per heavy atom. The lowest BCUT2D eigenvalue weighted by Crippen LogP contribution is -2.23. The number of para-hydroxylation sites is 1. The van der Waals surface area contributed by atoms with Crippen LogP contribution in [0.1, 0.15) is 0 Å². The third-order valence-electron chi connectivity index (χ3n) is 4.02. The first-order chi connectivity index (χ1) is 14.4. The molecular formula is C20H12F3N3O2S2. The highest BCUT2D eigenvalue weighted by Gasteiger charge is 2.18. The molecule has 0 aliphatic heterocycles. The fourth-order valence-corrected chi connectivity index (χ4v) is 4.35. The van der Waals surface area contributed by atoms with Gasteiger partial charge in [-0.05, 0) is 35.7 Å². The van der Waals surface area contributed by atoms with Gasteiger partial charge in [-0.15, -0.1) is 11.3 Å². The minimum Gasteiger partial charge on any atom is -0.325 e. The van der Waals surface area contributed by atoms with Crippen LogP contribution >= 0.6 is 23.1 Å². The summed E-state index contributed by atoms with van der Waals surface area (Å²) in [6.07, 6.45) is 0. The number of fused-ring (bicyclic) bond motifs is 1. The van der Waals surface area contributed by atoms with Gasteiger partial charge in [0, 0.05) is 11.8 Å². The van der Waals surface area contributed by atoms with Crippen LogP contribution in [0.25, 0.3) is 15.9 Å². The average Bonchev–Trinajstić information content (AvgIpc) is 3.15. The highest BCUT2D eigenvalue weighted by atomic mass is 32.2. The van der Waals surface area contributed by atoms with Gasteiger partial charge in [-0.3, -0.25) is 14.2 Å². The largest absolute Gasteiger partial charge is 0.325 e. The zero-order valence-electron chi connectivity index (χ0n) is 15.1. The summed E-state index contributed by atoms with van der Waals surface area (Å²) in [7, 11) is 0. The van der Waals surface area contributed by atoms with Crippen LogP contribution in [-0.2, 0) is 4.79 Å². The van der Waals surface area contributed by atoms with Crippen molar-refractivity contribution in [2.75, 3.05) is 11.1 Å². The number of hydrogen-bond donors (Lipinski definition) is 1. The molecular weight excluding hydrogens is 435 g/mol. The van der Waals surface area contributed by atoms with Gasteiger partial charge in [0.2, 0.25) is 5.91 Å². The van der Waals surface area contributed by atoms with E-state index in [1.165, 1.54) is 29.5 Å². The molecule has 10 heteroatoms. The number of halogens is 3. The number of carbonyl (C=O) groups excluding carboxylic acids is 1. The van der Waals surface area contributed by atoms with Crippen LogP contribution in [0.15, 0.2) is 63.9 Å². The molecule has 30 heavy (non-hydrogen) atoms. The van der Waals surface area contributed by atoms with Crippen molar-refractivity contribution in [3.63, 3.8) is 0 Å². The number of aromatic nitrogens is 2. The third kappa shape index (κ3) is 4.10. The van der Waals surface area contributed by atoms with E-state index in [4.69, 9.17) is 0 Å². The van der Waals surface area contributed by atoms with Gasteiger partial charge in [0.25, 0.3) is 5.56 Å². The summed E-state index contributed by atoms with van der Waals surface area (Å²) in [5, 5.41) is 4.20. The van der Waals surface area contributed by atoms with Gasteiger partial charge in [-0.1, -0.05) is 23.9 Å². The van der Waals surface area contributed by atoms with Crippen LogP contribution in [0, 0.1) is 17.5 Å². The number of anilines is 1. The summed E-state index contributed by atoms with van der Waals surface area (Å²) in [4.78, 5) is 29.6. The van der Waals surface area contributed by atoms with Crippen molar-refractivity contribution in [2.45, 2.75) is 5.16 Å². The number of thiophene rings is 1. The molecule has 4 aromatic rings. The second kappa shape index (κ2) is 8.33. The van der Waals surface area contributed by atoms with Crippen LogP contribution in [0.5, 0.6) is 0 Å². The van der Waals surface area contributed by atoms with Gasteiger partial charge >= 0.3 is 0 Å². The predicted molar refractivity (Wildman–Crippen MR) is 111 cm³/mol. The van der Waals surface area contributed by atoms with Crippen LogP contribution < -0.4 is 10.9 Å². The molecule has 0 aliphatic carbocycles. The van der Waals surface area contributed by atoms with Gasteiger partial charge in [-0.2, -0.15) is 0 Å². The van der Waals surface area contributed by atoms with Gasteiger partial charge in [-0.25, -0.2) is 18.2 Å². The molecule has 2 aromatic heterocycles. The van der Waals surface area contributed by atoms with E-state index >= 15 is 0 Å². The van der Waals surface area contributed by atoms with E-state index in [-0.39, 0.29) is 22.3 Å². The summed E-state index contributed by atoms with van der Waals surface area (Å²) < 4.78 is 42.4. The molecule has 4 rings (SSSR count). The molecule has 0 spiro atoms. The van der Waals surface area contributed by atoms with Gasteiger partial charge in [0.05, 0.1) is 17.0 Å². The van der Waals surface area contributed by atoms with Gasteiger partial charge in [0.15, 0.2) is 5.16 Å². The van der Waals surface area contributed by atoms with Crippen molar-refractivity contribution in [2.24, 2.45) is 0 Å². The summed E-state index contributed by atoms with van der Waals surface area (Å²) in [5.74, 6) is -3.04. The minimum atomic E-state index is -0.823. The number of rotatable bonds is 5.